The highest BCUT2D eigenvalue weighted by molar-refractivity contribution is 7.98. The maximum Gasteiger partial charge on any atom is 0.191 e. The van der Waals surface area contributed by atoms with Gasteiger partial charge in [0, 0.05) is 12.2 Å². The van der Waals surface area contributed by atoms with Gasteiger partial charge in [0.25, 0.3) is 0 Å². The molecule has 0 bridgehead atoms. The van der Waals surface area contributed by atoms with Crippen molar-refractivity contribution < 1.29 is 20.1 Å². The molecule has 1 aliphatic rings. The topological polar surface area (TPSA) is 117 Å². The number of benzene rings is 1. The fraction of sp³-hybridized carbons (Fsp3) is 0.421. The molecule has 3 N–H and O–H groups in total. The molecule has 0 saturated carbocycles. The summed E-state index contributed by atoms with van der Waals surface area (Å²) in [4.78, 5) is 15.8. The third-order valence-electron chi connectivity index (χ3n) is 5.00. The van der Waals surface area contributed by atoms with Crippen LogP contribution >= 0.6 is 11.8 Å². The molecular weight excluding hydrogens is 394 g/mol. The molecule has 154 valence electrons. The highest BCUT2D eigenvalue weighted by atomic mass is 32.2. The van der Waals surface area contributed by atoms with E-state index >= 15 is 0 Å². The second-order valence-electron chi connectivity index (χ2n) is 6.67. The summed E-state index contributed by atoms with van der Waals surface area (Å²) in [6, 6.07) is 9.88. The Hall–Kier alpha value is -2.24. The van der Waals surface area contributed by atoms with Crippen LogP contribution in [-0.2, 0) is 4.74 Å². The quantitative estimate of drug-likeness (QED) is 0.403. The van der Waals surface area contributed by atoms with Crippen molar-refractivity contribution in [2.75, 3.05) is 24.3 Å². The largest absolute Gasteiger partial charge is 0.394 e. The first-order valence-electron chi connectivity index (χ1n) is 9.32. The number of anilines is 2. The molecule has 29 heavy (non-hydrogen) atoms. The molecule has 2 aromatic heterocycles. The average Bonchev–Trinajstić information content (AvgIpc) is 3.30. The van der Waals surface area contributed by atoms with Crippen LogP contribution in [-0.4, -0.2) is 72.6 Å². The highest BCUT2D eigenvalue weighted by Crippen LogP contribution is 2.35. The third-order valence-corrected chi connectivity index (χ3v) is 5.54. The molecular formula is C19H23N5O4S. The number of imidazole rings is 1. The van der Waals surface area contributed by atoms with Crippen molar-refractivity contribution in [1.82, 2.24) is 19.5 Å². The van der Waals surface area contributed by atoms with Crippen LogP contribution in [0.25, 0.3) is 11.2 Å². The first-order chi connectivity index (χ1) is 14.1. The van der Waals surface area contributed by atoms with Crippen LogP contribution in [0.2, 0.25) is 0 Å². The Kier molecular flexibility index (Phi) is 5.70. The number of hydrogen-bond donors (Lipinski definition) is 3. The summed E-state index contributed by atoms with van der Waals surface area (Å²) in [5.41, 5.74) is 2.03. The van der Waals surface area contributed by atoms with Crippen molar-refractivity contribution in [3.8, 4) is 0 Å². The second kappa shape index (κ2) is 8.25. The zero-order chi connectivity index (χ0) is 20.5. The van der Waals surface area contributed by atoms with Gasteiger partial charge in [0.15, 0.2) is 28.4 Å². The van der Waals surface area contributed by atoms with Gasteiger partial charge in [0.2, 0.25) is 0 Å². The lowest BCUT2D eigenvalue weighted by Crippen LogP contribution is -2.33. The molecule has 10 heteroatoms. The van der Waals surface area contributed by atoms with E-state index < -0.39 is 31.1 Å². The minimum atomic E-state index is -1.21. The van der Waals surface area contributed by atoms with Gasteiger partial charge in [-0.25, -0.2) is 15.0 Å². The summed E-state index contributed by atoms with van der Waals surface area (Å²) in [6.45, 7) is 2.31. The van der Waals surface area contributed by atoms with Crippen molar-refractivity contribution in [3.63, 3.8) is 0 Å². The van der Waals surface area contributed by atoms with Gasteiger partial charge in [-0.15, -0.1) is 0 Å². The molecule has 0 unspecified atom stereocenters. The van der Waals surface area contributed by atoms with Crippen molar-refractivity contribution >= 4 is 34.4 Å². The van der Waals surface area contributed by atoms with Crippen molar-refractivity contribution in [3.05, 3.63) is 36.7 Å². The molecule has 0 spiro atoms. The van der Waals surface area contributed by atoms with Gasteiger partial charge in [-0.1, -0.05) is 30.0 Å². The molecule has 4 atom stereocenters. The normalized spacial score (nSPS) is 24.3. The Balaban J connectivity index is 1.84. The first kappa shape index (κ1) is 20.0. The summed E-state index contributed by atoms with van der Waals surface area (Å²) >= 11 is 1.40. The zero-order valence-electron chi connectivity index (χ0n) is 16.1. The third kappa shape index (κ3) is 3.47. The van der Waals surface area contributed by atoms with Gasteiger partial charge < -0.3 is 25.0 Å². The van der Waals surface area contributed by atoms with Gasteiger partial charge in [0.1, 0.15) is 18.3 Å². The Morgan fingerprint density at radius 1 is 1.17 bits per heavy atom. The number of rotatable bonds is 6. The van der Waals surface area contributed by atoms with Crippen LogP contribution < -0.4 is 4.90 Å². The molecule has 0 radical (unpaired) electrons. The lowest BCUT2D eigenvalue weighted by molar-refractivity contribution is -0.0511. The first-order valence-corrected chi connectivity index (χ1v) is 10.5. The minimum Gasteiger partial charge on any atom is -0.394 e. The number of para-hydroxylation sites is 1. The predicted octanol–water partition coefficient (Wildman–Crippen LogP) is 1.32. The van der Waals surface area contributed by atoms with E-state index in [0.717, 1.165) is 5.69 Å². The fourth-order valence-electron chi connectivity index (χ4n) is 3.52. The summed E-state index contributed by atoms with van der Waals surface area (Å²) in [5, 5.41) is 30.5. The molecule has 0 aliphatic carbocycles. The Bertz CT molecular complexity index is 985. The minimum absolute atomic E-state index is 0.394. The molecule has 1 fully saturated rings. The maximum atomic E-state index is 10.4. The fourth-order valence-corrected chi connectivity index (χ4v) is 3.88. The molecule has 9 nitrogen and oxygen atoms in total. The van der Waals surface area contributed by atoms with Crippen molar-refractivity contribution in [2.24, 2.45) is 0 Å². The van der Waals surface area contributed by atoms with Crippen LogP contribution in [0.4, 0.5) is 11.5 Å². The van der Waals surface area contributed by atoms with Crippen LogP contribution in [0.5, 0.6) is 0 Å². The van der Waals surface area contributed by atoms with Crippen LogP contribution in [0.1, 0.15) is 13.2 Å². The van der Waals surface area contributed by atoms with E-state index in [1.165, 1.54) is 18.1 Å². The van der Waals surface area contributed by atoms with Gasteiger partial charge in [-0.05, 0) is 25.3 Å². The van der Waals surface area contributed by atoms with E-state index in [-0.39, 0.29) is 0 Å². The lowest BCUT2D eigenvalue weighted by atomic mass is 10.1. The molecule has 1 aliphatic heterocycles. The molecule has 1 aromatic carbocycles. The summed E-state index contributed by atoms with van der Waals surface area (Å²) < 4.78 is 7.25. The number of nitrogens with zero attached hydrogens (tertiary/aromatic N) is 5. The van der Waals surface area contributed by atoms with E-state index in [2.05, 4.69) is 15.0 Å². The van der Waals surface area contributed by atoms with E-state index in [1.807, 2.05) is 48.4 Å². The molecule has 3 aromatic rings. The molecule has 1 saturated heterocycles. The van der Waals surface area contributed by atoms with Gasteiger partial charge in [0.05, 0.1) is 12.9 Å². The van der Waals surface area contributed by atoms with E-state index in [9.17, 15) is 15.3 Å². The Morgan fingerprint density at radius 2 is 1.93 bits per heavy atom. The second-order valence-corrected chi connectivity index (χ2v) is 7.44. The number of hydrogen-bond acceptors (Lipinski definition) is 9. The summed E-state index contributed by atoms with van der Waals surface area (Å²) in [6.07, 6.45) is -0.776. The van der Waals surface area contributed by atoms with Gasteiger partial charge in [-0.3, -0.25) is 4.57 Å². The van der Waals surface area contributed by atoms with E-state index in [4.69, 9.17) is 4.74 Å². The maximum absolute atomic E-state index is 10.4. The van der Waals surface area contributed by atoms with Crippen LogP contribution in [0.3, 0.4) is 0 Å². The SMILES string of the molecule is CCN(c1ccccc1)c1nc(SC)nc2c1ncn2[C@@H]1O[C@H](CO)[C@@H](O)[C@H]1O. The average molecular weight is 417 g/mol. The smallest absolute Gasteiger partial charge is 0.191 e. The number of thioether (sulfide) groups is 1. The Labute approximate surface area is 172 Å². The number of aromatic nitrogens is 4. The standard InChI is InChI=1S/C19H23N5O4S/c1-3-23(11-7-5-4-6-8-11)16-13-17(22-19(21-16)29-2)24(10-20-13)18-15(27)14(26)12(9-25)28-18/h4-8,10,12,14-15,18,25-27H,3,9H2,1-2H3/t12-,14-,15-,18-/m1/s1. The molecule has 4 rings (SSSR count). The van der Waals surface area contributed by atoms with Crippen LogP contribution in [0.15, 0.2) is 41.8 Å². The zero-order valence-corrected chi connectivity index (χ0v) is 16.9. The number of ether oxygens (including phenoxy) is 1. The van der Waals surface area contributed by atoms with Gasteiger partial charge in [-0.2, -0.15) is 0 Å². The van der Waals surface area contributed by atoms with Gasteiger partial charge >= 0.3 is 0 Å². The van der Waals surface area contributed by atoms with E-state index in [0.29, 0.717) is 28.7 Å². The molecule has 0 amide bonds. The van der Waals surface area contributed by atoms with Crippen molar-refractivity contribution in [1.29, 1.82) is 0 Å². The molecule has 3 heterocycles. The predicted molar refractivity (Wildman–Crippen MR) is 109 cm³/mol. The lowest BCUT2D eigenvalue weighted by Gasteiger charge is -2.23. The van der Waals surface area contributed by atoms with Crippen molar-refractivity contribution in [2.45, 2.75) is 36.6 Å². The summed E-state index contributed by atoms with van der Waals surface area (Å²) in [7, 11) is 0. The highest BCUT2D eigenvalue weighted by Gasteiger charge is 2.44. The number of fused-ring (bicyclic) bond motifs is 1. The number of aliphatic hydroxyl groups is 3. The Morgan fingerprint density at radius 3 is 2.55 bits per heavy atom. The van der Waals surface area contributed by atoms with E-state index in [1.54, 1.807) is 4.57 Å². The van der Waals surface area contributed by atoms with Crippen LogP contribution in [0, 0.1) is 0 Å². The number of aliphatic hydroxyl groups excluding tert-OH is 3. The monoisotopic (exact) mass is 417 g/mol. The summed E-state index contributed by atoms with van der Waals surface area (Å²) in [5.74, 6) is 0.651.